The molecular formula is C19H29NO4. The van der Waals surface area contributed by atoms with Crippen LogP contribution in [0.1, 0.15) is 62.7 Å². The van der Waals surface area contributed by atoms with Crippen LogP contribution in [0.25, 0.3) is 0 Å². The average Bonchev–Trinajstić information content (AvgIpc) is 2.59. The molecule has 24 heavy (non-hydrogen) atoms. The van der Waals surface area contributed by atoms with Gasteiger partial charge in [0.1, 0.15) is 5.75 Å². The molecule has 0 saturated carbocycles. The largest absolute Gasteiger partial charge is 0.494 e. The van der Waals surface area contributed by atoms with Gasteiger partial charge in [-0.25, -0.2) is 0 Å². The number of hydrogen-bond acceptors (Lipinski definition) is 4. The van der Waals surface area contributed by atoms with Gasteiger partial charge >= 0.3 is 5.97 Å². The molecule has 1 aromatic carbocycles. The van der Waals surface area contributed by atoms with Gasteiger partial charge in [0.2, 0.25) is 0 Å². The summed E-state index contributed by atoms with van der Waals surface area (Å²) in [5, 5.41) is 2.89. The number of unbranched alkanes of at least 4 members (excludes halogenated alkanes) is 3. The van der Waals surface area contributed by atoms with Gasteiger partial charge in [0.05, 0.1) is 13.2 Å². The van der Waals surface area contributed by atoms with E-state index < -0.39 is 0 Å². The van der Waals surface area contributed by atoms with Crippen molar-refractivity contribution in [3.05, 3.63) is 29.8 Å². The molecule has 0 aliphatic rings. The van der Waals surface area contributed by atoms with Crippen LogP contribution >= 0.6 is 0 Å². The van der Waals surface area contributed by atoms with Crippen molar-refractivity contribution < 1.29 is 19.1 Å². The molecule has 1 N–H and O–H groups in total. The predicted molar refractivity (Wildman–Crippen MR) is 94.3 cm³/mol. The van der Waals surface area contributed by atoms with Crippen LogP contribution in [0, 0.1) is 0 Å². The Bertz CT molecular complexity index is 485. The van der Waals surface area contributed by atoms with Gasteiger partial charge in [-0.2, -0.15) is 0 Å². The first-order valence-electron chi connectivity index (χ1n) is 8.84. The first kappa shape index (κ1) is 20.0. The van der Waals surface area contributed by atoms with E-state index in [1.54, 1.807) is 19.1 Å². The summed E-state index contributed by atoms with van der Waals surface area (Å²) in [5.41, 5.74) is 0.629. The van der Waals surface area contributed by atoms with Crippen molar-refractivity contribution in [3.63, 3.8) is 0 Å². The lowest BCUT2D eigenvalue weighted by Crippen LogP contribution is -2.24. The second kappa shape index (κ2) is 12.4. The minimum atomic E-state index is -0.150. The van der Waals surface area contributed by atoms with E-state index in [0.717, 1.165) is 37.9 Å². The Morgan fingerprint density at radius 3 is 2.42 bits per heavy atom. The molecule has 0 bridgehead atoms. The predicted octanol–water partition coefficient (Wildman–Crippen LogP) is 3.72. The third-order valence-corrected chi connectivity index (χ3v) is 3.53. The van der Waals surface area contributed by atoms with Gasteiger partial charge in [-0.05, 0) is 50.5 Å². The summed E-state index contributed by atoms with van der Waals surface area (Å²) in [7, 11) is 0. The fourth-order valence-electron chi connectivity index (χ4n) is 2.15. The van der Waals surface area contributed by atoms with Crippen molar-refractivity contribution in [2.45, 2.75) is 52.4 Å². The number of rotatable bonds is 12. The van der Waals surface area contributed by atoms with Crippen molar-refractivity contribution in [1.29, 1.82) is 0 Å². The van der Waals surface area contributed by atoms with Gasteiger partial charge in [-0.3, -0.25) is 9.59 Å². The van der Waals surface area contributed by atoms with E-state index in [2.05, 4.69) is 12.2 Å². The molecule has 5 heteroatoms. The van der Waals surface area contributed by atoms with Crippen LogP contribution in [0.2, 0.25) is 0 Å². The van der Waals surface area contributed by atoms with Gasteiger partial charge in [0.15, 0.2) is 0 Å². The van der Waals surface area contributed by atoms with E-state index in [4.69, 9.17) is 9.47 Å². The monoisotopic (exact) mass is 335 g/mol. The lowest BCUT2D eigenvalue weighted by atomic mass is 10.2. The van der Waals surface area contributed by atoms with Crippen molar-refractivity contribution in [1.82, 2.24) is 5.32 Å². The van der Waals surface area contributed by atoms with Crippen LogP contribution in [0.5, 0.6) is 5.75 Å². The van der Waals surface area contributed by atoms with Gasteiger partial charge in [-0.15, -0.1) is 0 Å². The fourth-order valence-corrected chi connectivity index (χ4v) is 2.15. The van der Waals surface area contributed by atoms with Crippen LogP contribution in [0.4, 0.5) is 0 Å². The Labute approximate surface area is 144 Å². The third-order valence-electron chi connectivity index (χ3n) is 3.53. The Morgan fingerprint density at radius 2 is 1.75 bits per heavy atom. The molecule has 134 valence electrons. The number of nitrogens with one attached hydrogen (secondary N) is 1. The lowest BCUT2D eigenvalue weighted by molar-refractivity contribution is -0.143. The summed E-state index contributed by atoms with van der Waals surface area (Å²) in [6.07, 6.45) is 5.10. The Morgan fingerprint density at radius 1 is 1.00 bits per heavy atom. The Kier molecular flexibility index (Phi) is 10.3. The van der Waals surface area contributed by atoms with Crippen LogP contribution in [-0.2, 0) is 9.53 Å². The molecular weight excluding hydrogens is 306 g/mol. The van der Waals surface area contributed by atoms with E-state index in [9.17, 15) is 9.59 Å². The molecule has 0 aliphatic carbocycles. The highest BCUT2D eigenvalue weighted by Crippen LogP contribution is 2.12. The Balaban J connectivity index is 2.17. The van der Waals surface area contributed by atoms with E-state index in [1.165, 1.54) is 0 Å². The smallest absolute Gasteiger partial charge is 0.305 e. The highest BCUT2D eigenvalue weighted by atomic mass is 16.5. The fraction of sp³-hybridized carbons (Fsp3) is 0.579. The molecule has 0 heterocycles. The van der Waals surface area contributed by atoms with E-state index in [-0.39, 0.29) is 11.9 Å². The summed E-state index contributed by atoms with van der Waals surface area (Å²) in [6.45, 7) is 5.66. The third kappa shape index (κ3) is 8.56. The minimum absolute atomic E-state index is 0.0829. The van der Waals surface area contributed by atoms with E-state index in [1.807, 2.05) is 12.1 Å². The number of carbonyl (C=O) groups is 2. The first-order chi connectivity index (χ1) is 11.7. The zero-order chi connectivity index (χ0) is 17.6. The summed E-state index contributed by atoms with van der Waals surface area (Å²) in [4.78, 5) is 23.2. The van der Waals surface area contributed by atoms with Crippen molar-refractivity contribution in [2.24, 2.45) is 0 Å². The zero-order valence-corrected chi connectivity index (χ0v) is 14.8. The maximum absolute atomic E-state index is 12.0. The van der Waals surface area contributed by atoms with Crippen LogP contribution in [-0.4, -0.2) is 31.6 Å². The summed E-state index contributed by atoms with van der Waals surface area (Å²) >= 11 is 0. The van der Waals surface area contributed by atoms with Gasteiger partial charge in [-0.1, -0.05) is 19.8 Å². The number of hydrogen-bond donors (Lipinski definition) is 1. The lowest BCUT2D eigenvalue weighted by Gasteiger charge is -2.08. The first-order valence-corrected chi connectivity index (χ1v) is 8.84. The van der Waals surface area contributed by atoms with Crippen molar-refractivity contribution in [3.8, 4) is 5.75 Å². The Hall–Kier alpha value is -2.04. The number of esters is 1. The molecule has 0 radical (unpaired) electrons. The maximum Gasteiger partial charge on any atom is 0.305 e. The molecule has 0 aliphatic heterocycles. The molecule has 0 aromatic heterocycles. The topological polar surface area (TPSA) is 64.6 Å². The summed E-state index contributed by atoms with van der Waals surface area (Å²) in [6, 6.07) is 7.20. The SMILES string of the molecule is CCCCOc1ccc(C(=O)NCCCCCC(=O)OCC)cc1. The van der Waals surface area contributed by atoms with E-state index >= 15 is 0 Å². The highest BCUT2D eigenvalue weighted by Gasteiger charge is 2.05. The average molecular weight is 335 g/mol. The number of benzene rings is 1. The van der Waals surface area contributed by atoms with Gasteiger partial charge in [0.25, 0.3) is 5.91 Å². The van der Waals surface area contributed by atoms with Crippen molar-refractivity contribution in [2.75, 3.05) is 19.8 Å². The standard InChI is InChI=1S/C19H29NO4/c1-3-5-15-24-17-12-10-16(11-13-17)19(22)20-14-8-6-7-9-18(21)23-4-2/h10-13H,3-9,14-15H2,1-2H3,(H,20,22). The van der Waals surface area contributed by atoms with Gasteiger partial charge in [0, 0.05) is 18.5 Å². The molecule has 1 rings (SSSR count). The molecule has 0 spiro atoms. The minimum Gasteiger partial charge on any atom is -0.494 e. The van der Waals surface area contributed by atoms with Gasteiger partial charge < -0.3 is 14.8 Å². The molecule has 1 amide bonds. The van der Waals surface area contributed by atoms with Crippen LogP contribution in [0.3, 0.4) is 0 Å². The number of carbonyl (C=O) groups excluding carboxylic acids is 2. The molecule has 5 nitrogen and oxygen atoms in total. The normalized spacial score (nSPS) is 10.2. The summed E-state index contributed by atoms with van der Waals surface area (Å²) in [5.74, 6) is 0.558. The van der Waals surface area contributed by atoms with Crippen LogP contribution in [0.15, 0.2) is 24.3 Å². The molecule has 0 fully saturated rings. The quantitative estimate of drug-likeness (QED) is 0.467. The molecule has 0 saturated heterocycles. The van der Waals surface area contributed by atoms with E-state index in [0.29, 0.717) is 31.7 Å². The van der Waals surface area contributed by atoms with Crippen molar-refractivity contribution >= 4 is 11.9 Å². The highest BCUT2D eigenvalue weighted by molar-refractivity contribution is 5.94. The van der Waals surface area contributed by atoms with Crippen LogP contribution < -0.4 is 10.1 Å². The number of amides is 1. The molecule has 0 atom stereocenters. The second-order valence-electron chi connectivity index (χ2n) is 5.60. The zero-order valence-electron chi connectivity index (χ0n) is 14.8. The number of ether oxygens (including phenoxy) is 2. The molecule has 1 aromatic rings. The second-order valence-corrected chi connectivity index (χ2v) is 5.60. The summed E-state index contributed by atoms with van der Waals surface area (Å²) < 4.78 is 10.4. The molecule has 0 unspecified atom stereocenters. The maximum atomic E-state index is 12.0.